The van der Waals surface area contributed by atoms with Gasteiger partial charge in [0.2, 0.25) is 0 Å². The number of fused-ring (bicyclic) bond motifs is 1. The van der Waals surface area contributed by atoms with E-state index >= 15 is 13.2 Å². The van der Waals surface area contributed by atoms with Crippen LogP contribution in [0.15, 0.2) is 48.5 Å². The van der Waals surface area contributed by atoms with Crippen molar-refractivity contribution in [3.63, 3.8) is 0 Å². The predicted octanol–water partition coefficient (Wildman–Crippen LogP) is 8.72. The van der Waals surface area contributed by atoms with Crippen LogP contribution in [-0.4, -0.2) is 0 Å². The Balaban J connectivity index is 1.27. The summed E-state index contributed by atoms with van der Waals surface area (Å²) in [4.78, 5) is 0. The molecule has 3 aromatic rings. The molecule has 1 saturated carbocycles. The largest absolute Gasteiger partial charge is 0.206 e. The van der Waals surface area contributed by atoms with Gasteiger partial charge in [0.15, 0.2) is 11.6 Å². The van der Waals surface area contributed by atoms with E-state index in [2.05, 4.69) is 37.3 Å². The van der Waals surface area contributed by atoms with Gasteiger partial charge in [0, 0.05) is 5.56 Å². The maximum absolute atomic E-state index is 15.7. The molecule has 0 amide bonds. The van der Waals surface area contributed by atoms with E-state index in [1.165, 1.54) is 11.1 Å². The van der Waals surface area contributed by atoms with Gasteiger partial charge >= 0.3 is 0 Å². The summed E-state index contributed by atoms with van der Waals surface area (Å²) in [5.74, 6) is -2.04. The Kier molecular flexibility index (Phi) is 7.70. The highest BCUT2D eigenvalue weighted by molar-refractivity contribution is 5.41. The lowest BCUT2D eigenvalue weighted by atomic mass is 9.73. The molecular formula is C33H34F3N. The molecule has 192 valence electrons. The van der Waals surface area contributed by atoms with Gasteiger partial charge in [0.1, 0.15) is 5.82 Å². The lowest BCUT2D eigenvalue weighted by Gasteiger charge is -2.32. The first-order chi connectivity index (χ1) is 18.0. The van der Waals surface area contributed by atoms with Crippen LogP contribution in [0.4, 0.5) is 13.2 Å². The topological polar surface area (TPSA) is 23.8 Å². The molecule has 5 rings (SSSR count). The third kappa shape index (κ3) is 5.33. The highest BCUT2D eigenvalue weighted by atomic mass is 19.2. The molecule has 1 nitrogen and oxygen atoms in total. The second kappa shape index (κ2) is 11.1. The Hall–Kier alpha value is -3.06. The molecule has 0 saturated heterocycles. The molecule has 0 N–H and O–H groups in total. The molecule has 0 aliphatic heterocycles. The van der Waals surface area contributed by atoms with Crippen LogP contribution >= 0.6 is 0 Å². The normalized spacial score (nSPS) is 21.3. The van der Waals surface area contributed by atoms with Gasteiger partial charge in [-0.2, -0.15) is 5.26 Å². The summed E-state index contributed by atoms with van der Waals surface area (Å²) in [5, 5.41) is 9.01. The fraction of sp³-hybridized carbons (Fsp3) is 0.424. The van der Waals surface area contributed by atoms with Crippen LogP contribution in [0.2, 0.25) is 0 Å². The minimum absolute atomic E-state index is 0.0241. The summed E-state index contributed by atoms with van der Waals surface area (Å²) in [7, 11) is 0. The Morgan fingerprint density at radius 2 is 1.41 bits per heavy atom. The molecule has 1 fully saturated rings. The van der Waals surface area contributed by atoms with Gasteiger partial charge in [-0.1, -0.05) is 43.3 Å². The summed E-state index contributed by atoms with van der Waals surface area (Å²) in [5.41, 5.74) is 4.99. The zero-order chi connectivity index (χ0) is 25.9. The lowest BCUT2D eigenvalue weighted by Crippen LogP contribution is -2.22. The van der Waals surface area contributed by atoms with Crippen LogP contribution in [0.5, 0.6) is 0 Å². The Morgan fingerprint density at radius 3 is 2.05 bits per heavy atom. The smallest absolute Gasteiger partial charge is 0.165 e. The first-order valence-electron chi connectivity index (χ1n) is 13.7. The molecule has 0 radical (unpaired) electrons. The predicted molar refractivity (Wildman–Crippen MR) is 141 cm³/mol. The SMILES string of the molecule is CCc1ccc(CCC2CCc3c(F)c(C4CCC(c5ccc(C#N)cc5)CC4)c(F)c(F)c3C2)cc1. The second-order valence-corrected chi connectivity index (χ2v) is 10.9. The van der Waals surface area contributed by atoms with Crippen molar-refractivity contribution in [1.82, 2.24) is 0 Å². The first-order valence-corrected chi connectivity index (χ1v) is 13.7. The van der Waals surface area contributed by atoms with Crippen LogP contribution in [0.3, 0.4) is 0 Å². The van der Waals surface area contributed by atoms with Gasteiger partial charge in [-0.15, -0.1) is 0 Å². The molecule has 2 aliphatic carbocycles. The minimum atomic E-state index is -0.964. The van der Waals surface area contributed by atoms with Crippen LogP contribution < -0.4 is 0 Å². The maximum Gasteiger partial charge on any atom is 0.165 e. The Morgan fingerprint density at radius 1 is 0.757 bits per heavy atom. The first kappa shape index (κ1) is 25.6. The highest BCUT2D eigenvalue weighted by Crippen LogP contribution is 2.44. The maximum atomic E-state index is 15.7. The fourth-order valence-corrected chi connectivity index (χ4v) is 6.45. The van der Waals surface area contributed by atoms with E-state index < -0.39 is 17.5 Å². The quantitative estimate of drug-likeness (QED) is 0.310. The third-order valence-electron chi connectivity index (χ3n) is 8.77. The number of hydrogen-bond donors (Lipinski definition) is 0. The van der Waals surface area contributed by atoms with Crippen LogP contribution in [0, 0.1) is 34.7 Å². The highest BCUT2D eigenvalue weighted by Gasteiger charge is 2.34. The van der Waals surface area contributed by atoms with E-state index in [4.69, 9.17) is 5.26 Å². The van der Waals surface area contributed by atoms with Gasteiger partial charge in [-0.25, -0.2) is 13.2 Å². The van der Waals surface area contributed by atoms with Crippen molar-refractivity contribution in [2.24, 2.45) is 5.92 Å². The molecule has 2 aliphatic rings. The number of nitrogens with zero attached hydrogens (tertiary/aromatic N) is 1. The number of aryl methyl sites for hydroxylation is 2. The molecule has 3 aromatic carbocycles. The average Bonchev–Trinajstić information content (AvgIpc) is 2.95. The van der Waals surface area contributed by atoms with Crippen molar-refractivity contribution in [1.29, 1.82) is 5.26 Å². The molecule has 4 heteroatoms. The average molecular weight is 502 g/mol. The third-order valence-corrected chi connectivity index (χ3v) is 8.77. The number of rotatable bonds is 6. The van der Waals surface area contributed by atoms with E-state index in [1.54, 1.807) is 0 Å². The minimum Gasteiger partial charge on any atom is -0.206 e. The van der Waals surface area contributed by atoms with Crippen molar-refractivity contribution < 1.29 is 13.2 Å². The summed E-state index contributed by atoms with van der Waals surface area (Å²) < 4.78 is 46.4. The zero-order valence-corrected chi connectivity index (χ0v) is 21.5. The molecule has 0 bridgehead atoms. The van der Waals surface area contributed by atoms with Crippen LogP contribution in [0.25, 0.3) is 0 Å². The Bertz CT molecular complexity index is 1280. The summed E-state index contributed by atoms with van der Waals surface area (Å²) >= 11 is 0. The molecule has 37 heavy (non-hydrogen) atoms. The second-order valence-electron chi connectivity index (χ2n) is 10.9. The summed E-state index contributed by atoms with van der Waals surface area (Å²) in [6.07, 6.45) is 7.38. The van der Waals surface area contributed by atoms with Gasteiger partial charge in [0.05, 0.1) is 11.6 Å². The van der Waals surface area contributed by atoms with Crippen molar-refractivity contribution in [2.75, 3.05) is 0 Å². The van der Waals surface area contributed by atoms with Crippen LogP contribution in [0.1, 0.15) is 96.2 Å². The number of nitriles is 1. The number of benzene rings is 3. The molecule has 0 aromatic heterocycles. The molecule has 1 unspecified atom stereocenters. The molecule has 1 atom stereocenters. The summed E-state index contributed by atoms with van der Waals surface area (Å²) in [6, 6.07) is 18.3. The molecule has 0 spiro atoms. The van der Waals surface area contributed by atoms with Gasteiger partial charge in [-0.05, 0) is 122 Å². The van der Waals surface area contributed by atoms with E-state index in [1.807, 2.05) is 24.3 Å². The summed E-state index contributed by atoms with van der Waals surface area (Å²) in [6.45, 7) is 2.13. The fourth-order valence-electron chi connectivity index (χ4n) is 6.45. The van der Waals surface area contributed by atoms with E-state index in [-0.39, 0.29) is 23.0 Å². The van der Waals surface area contributed by atoms with Gasteiger partial charge in [0.25, 0.3) is 0 Å². The number of hydrogen-bond acceptors (Lipinski definition) is 1. The van der Waals surface area contributed by atoms with E-state index in [9.17, 15) is 0 Å². The zero-order valence-electron chi connectivity index (χ0n) is 21.5. The van der Waals surface area contributed by atoms with Gasteiger partial charge < -0.3 is 0 Å². The Labute approximate surface area is 218 Å². The molecule has 0 heterocycles. The van der Waals surface area contributed by atoms with Crippen molar-refractivity contribution >= 4 is 0 Å². The molecular weight excluding hydrogens is 467 g/mol. The van der Waals surface area contributed by atoms with Gasteiger partial charge in [-0.3, -0.25) is 0 Å². The monoisotopic (exact) mass is 501 g/mol. The van der Waals surface area contributed by atoms with Crippen molar-refractivity contribution in [3.8, 4) is 6.07 Å². The van der Waals surface area contributed by atoms with E-state index in [0.29, 0.717) is 42.7 Å². The van der Waals surface area contributed by atoms with E-state index in [0.717, 1.165) is 44.1 Å². The number of halogens is 3. The van der Waals surface area contributed by atoms with Crippen molar-refractivity contribution in [2.45, 2.75) is 83.0 Å². The standard InChI is InChI=1S/C33H34F3N/c1-2-21-3-5-22(6-4-21)7-8-23-11-18-28-29(19-23)32(35)33(36)30(31(28)34)27-16-14-26(15-17-27)25-12-9-24(20-37)10-13-25/h3-6,9-10,12-13,23,26-27H,2,7-8,11,14-19H2,1H3. The van der Waals surface area contributed by atoms with Crippen molar-refractivity contribution in [3.05, 3.63) is 105 Å². The lowest BCUT2D eigenvalue weighted by molar-refractivity contribution is 0.354. The van der Waals surface area contributed by atoms with Crippen LogP contribution in [-0.2, 0) is 25.7 Å².